The van der Waals surface area contributed by atoms with Crippen molar-refractivity contribution in [2.24, 2.45) is 0 Å². The summed E-state index contributed by atoms with van der Waals surface area (Å²) in [4.78, 5) is 11.7. The van der Waals surface area contributed by atoms with Crippen LogP contribution in [0.1, 0.15) is 27.7 Å². The van der Waals surface area contributed by atoms with Gasteiger partial charge in [-0.2, -0.15) is 0 Å². The number of alkyl carbamates (subject to hydrolysis) is 1. The van der Waals surface area contributed by atoms with E-state index < -0.39 is 17.2 Å². The van der Waals surface area contributed by atoms with Gasteiger partial charge in [-0.15, -0.1) is 0 Å². The molecule has 0 saturated carbocycles. The molecule has 2 unspecified atom stereocenters. The van der Waals surface area contributed by atoms with Gasteiger partial charge in [0.15, 0.2) is 0 Å². The summed E-state index contributed by atoms with van der Waals surface area (Å²) in [6.07, 6.45) is -0.430. The number of carbonyl (C=O) groups excluding carboxylic acids is 1. The van der Waals surface area contributed by atoms with Crippen LogP contribution in [0.3, 0.4) is 0 Å². The molecule has 1 saturated heterocycles. The summed E-state index contributed by atoms with van der Waals surface area (Å²) in [5.74, 6) is 0. The average Bonchev–Trinajstić information content (AvgIpc) is 2.42. The van der Waals surface area contributed by atoms with Gasteiger partial charge in [0.1, 0.15) is 5.60 Å². The maximum atomic E-state index is 11.7. The van der Waals surface area contributed by atoms with Crippen LogP contribution in [0.2, 0.25) is 0 Å². The van der Waals surface area contributed by atoms with Crippen LogP contribution in [0.25, 0.3) is 0 Å². The molecular weight excluding hydrogens is 208 g/mol. The van der Waals surface area contributed by atoms with E-state index in [-0.39, 0.29) is 6.10 Å². The van der Waals surface area contributed by atoms with Crippen molar-refractivity contribution in [1.82, 2.24) is 10.6 Å². The number of carbonyl (C=O) groups is 1. The van der Waals surface area contributed by atoms with Gasteiger partial charge in [0.05, 0.1) is 11.6 Å². The molecule has 0 bridgehead atoms. The molecule has 2 N–H and O–H groups in total. The normalized spacial score (nSPS) is 30.2. The molecule has 1 amide bonds. The van der Waals surface area contributed by atoms with Crippen molar-refractivity contribution >= 4 is 6.09 Å². The van der Waals surface area contributed by atoms with Crippen molar-refractivity contribution in [2.45, 2.75) is 44.9 Å². The van der Waals surface area contributed by atoms with Crippen LogP contribution in [-0.2, 0) is 9.47 Å². The minimum atomic E-state index is -0.477. The molecule has 1 fully saturated rings. The Morgan fingerprint density at radius 1 is 1.50 bits per heavy atom. The molecule has 16 heavy (non-hydrogen) atoms. The summed E-state index contributed by atoms with van der Waals surface area (Å²) in [7, 11) is 1.65. The van der Waals surface area contributed by atoms with Crippen LogP contribution in [-0.4, -0.2) is 43.5 Å². The number of hydrogen-bond donors (Lipinski definition) is 2. The zero-order valence-electron chi connectivity index (χ0n) is 10.7. The highest BCUT2D eigenvalue weighted by atomic mass is 16.6. The number of nitrogens with one attached hydrogen (secondary N) is 2. The molecule has 0 aromatic heterocycles. The van der Waals surface area contributed by atoms with E-state index >= 15 is 0 Å². The van der Waals surface area contributed by atoms with E-state index in [4.69, 9.17) is 9.47 Å². The second kappa shape index (κ2) is 4.59. The van der Waals surface area contributed by atoms with E-state index in [0.717, 1.165) is 6.54 Å². The smallest absolute Gasteiger partial charge is 0.408 e. The van der Waals surface area contributed by atoms with Gasteiger partial charge in [-0.25, -0.2) is 4.79 Å². The average molecular weight is 230 g/mol. The lowest BCUT2D eigenvalue weighted by molar-refractivity contribution is 0.0255. The van der Waals surface area contributed by atoms with Crippen molar-refractivity contribution in [3.05, 3.63) is 0 Å². The predicted octanol–water partition coefficient (Wildman–Crippen LogP) is 0.888. The Labute approximate surface area is 96.9 Å². The second-order valence-electron chi connectivity index (χ2n) is 5.40. The predicted molar refractivity (Wildman–Crippen MR) is 61.4 cm³/mol. The zero-order chi connectivity index (χ0) is 12.4. The highest BCUT2D eigenvalue weighted by Gasteiger charge is 2.41. The van der Waals surface area contributed by atoms with Crippen molar-refractivity contribution in [2.75, 3.05) is 20.2 Å². The van der Waals surface area contributed by atoms with Crippen molar-refractivity contribution in [1.29, 1.82) is 0 Å². The van der Waals surface area contributed by atoms with Gasteiger partial charge in [-0.05, 0) is 27.7 Å². The molecule has 0 spiro atoms. The Hall–Kier alpha value is -0.810. The fourth-order valence-electron chi connectivity index (χ4n) is 1.81. The van der Waals surface area contributed by atoms with E-state index in [1.165, 1.54) is 0 Å². The fourth-order valence-corrected chi connectivity index (χ4v) is 1.81. The number of rotatable bonds is 2. The highest BCUT2D eigenvalue weighted by molar-refractivity contribution is 5.69. The number of ether oxygens (including phenoxy) is 2. The molecule has 1 aliphatic heterocycles. The number of hydrogen-bond acceptors (Lipinski definition) is 4. The first-order valence-electron chi connectivity index (χ1n) is 5.51. The summed E-state index contributed by atoms with van der Waals surface area (Å²) >= 11 is 0. The van der Waals surface area contributed by atoms with Gasteiger partial charge >= 0.3 is 6.09 Å². The van der Waals surface area contributed by atoms with E-state index in [1.807, 2.05) is 27.7 Å². The molecule has 1 rings (SSSR count). The van der Waals surface area contributed by atoms with Gasteiger partial charge in [0.25, 0.3) is 0 Å². The third-order valence-corrected chi connectivity index (χ3v) is 2.60. The van der Waals surface area contributed by atoms with Crippen molar-refractivity contribution in [3.8, 4) is 0 Å². The number of amides is 1. The monoisotopic (exact) mass is 230 g/mol. The lowest BCUT2D eigenvalue weighted by Gasteiger charge is -2.31. The topological polar surface area (TPSA) is 59.6 Å². The van der Waals surface area contributed by atoms with Gasteiger partial charge in [-0.3, -0.25) is 0 Å². The van der Waals surface area contributed by atoms with Gasteiger partial charge in [-0.1, -0.05) is 0 Å². The Morgan fingerprint density at radius 3 is 2.62 bits per heavy atom. The van der Waals surface area contributed by atoms with Gasteiger partial charge in [0, 0.05) is 20.2 Å². The largest absolute Gasteiger partial charge is 0.444 e. The third kappa shape index (κ3) is 3.35. The Bertz CT molecular complexity index is 262. The van der Waals surface area contributed by atoms with E-state index in [1.54, 1.807) is 7.11 Å². The molecule has 0 aromatic carbocycles. The SMILES string of the molecule is COC1CNCC1(C)NC(=O)OC(C)(C)C. The molecule has 0 aromatic rings. The van der Waals surface area contributed by atoms with Crippen LogP contribution in [0.5, 0.6) is 0 Å². The summed E-state index contributed by atoms with van der Waals surface area (Å²) in [6, 6.07) is 0. The Balaban J connectivity index is 2.55. The van der Waals surface area contributed by atoms with Crippen molar-refractivity contribution < 1.29 is 14.3 Å². The van der Waals surface area contributed by atoms with Gasteiger partial charge in [0.2, 0.25) is 0 Å². The zero-order valence-corrected chi connectivity index (χ0v) is 10.7. The Morgan fingerprint density at radius 2 is 2.12 bits per heavy atom. The molecular formula is C11H22N2O3. The van der Waals surface area contributed by atoms with Crippen LogP contribution in [0.4, 0.5) is 4.79 Å². The van der Waals surface area contributed by atoms with Crippen molar-refractivity contribution in [3.63, 3.8) is 0 Å². The Kier molecular flexibility index (Phi) is 3.80. The first-order chi connectivity index (χ1) is 7.27. The lowest BCUT2D eigenvalue weighted by Crippen LogP contribution is -2.55. The number of methoxy groups -OCH3 is 1. The highest BCUT2D eigenvalue weighted by Crippen LogP contribution is 2.18. The van der Waals surface area contributed by atoms with E-state index in [2.05, 4.69) is 10.6 Å². The molecule has 1 heterocycles. The molecule has 0 aliphatic carbocycles. The summed E-state index contributed by atoms with van der Waals surface area (Å²) in [6.45, 7) is 8.90. The minimum Gasteiger partial charge on any atom is -0.444 e. The van der Waals surface area contributed by atoms with E-state index in [9.17, 15) is 4.79 Å². The van der Waals surface area contributed by atoms with Crippen LogP contribution in [0, 0.1) is 0 Å². The van der Waals surface area contributed by atoms with E-state index in [0.29, 0.717) is 6.54 Å². The minimum absolute atomic E-state index is 0.0278. The fraction of sp³-hybridized carbons (Fsp3) is 0.909. The third-order valence-electron chi connectivity index (χ3n) is 2.60. The van der Waals surface area contributed by atoms with Crippen LogP contribution in [0.15, 0.2) is 0 Å². The molecule has 2 atom stereocenters. The quantitative estimate of drug-likeness (QED) is 0.739. The standard InChI is InChI=1S/C11H22N2O3/c1-10(2,3)16-9(14)13-11(4)7-12-6-8(11)15-5/h8,12H,6-7H2,1-5H3,(H,13,14). The second-order valence-corrected chi connectivity index (χ2v) is 5.40. The molecule has 5 heteroatoms. The summed E-state index contributed by atoms with van der Waals surface area (Å²) < 4.78 is 10.5. The molecule has 0 radical (unpaired) electrons. The maximum Gasteiger partial charge on any atom is 0.408 e. The maximum absolute atomic E-state index is 11.7. The molecule has 1 aliphatic rings. The van der Waals surface area contributed by atoms with Crippen LogP contribution >= 0.6 is 0 Å². The first kappa shape index (κ1) is 13.3. The molecule has 94 valence electrons. The van der Waals surface area contributed by atoms with Crippen LogP contribution < -0.4 is 10.6 Å². The van der Waals surface area contributed by atoms with Gasteiger partial charge < -0.3 is 20.1 Å². The molecule has 5 nitrogen and oxygen atoms in total. The summed E-state index contributed by atoms with van der Waals surface area (Å²) in [5.41, 5.74) is -0.883. The lowest BCUT2D eigenvalue weighted by atomic mass is 9.99. The summed E-state index contributed by atoms with van der Waals surface area (Å²) in [5, 5.41) is 6.05. The first-order valence-corrected chi connectivity index (χ1v) is 5.51.